The summed E-state index contributed by atoms with van der Waals surface area (Å²) in [5, 5.41) is 2.83. The number of anilines is 2. The van der Waals surface area contributed by atoms with Crippen molar-refractivity contribution in [3.8, 4) is 0 Å². The van der Waals surface area contributed by atoms with Crippen LogP contribution in [0.3, 0.4) is 0 Å². The zero-order chi connectivity index (χ0) is 21.1. The second-order valence-electron chi connectivity index (χ2n) is 8.70. The normalized spacial score (nSPS) is 20.9. The quantitative estimate of drug-likeness (QED) is 0.640. The maximum Gasteiger partial charge on any atom is 0.253 e. The molecule has 2 aliphatic carbocycles. The van der Waals surface area contributed by atoms with E-state index < -0.39 is 11.9 Å². The maximum atomic E-state index is 14.7. The summed E-state index contributed by atoms with van der Waals surface area (Å²) in [7, 11) is 0. The second kappa shape index (κ2) is 9.41. The van der Waals surface area contributed by atoms with Gasteiger partial charge in [-0.05, 0) is 55.7 Å². The van der Waals surface area contributed by atoms with Crippen LogP contribution >= 0.6 is 0 Å². The van der Waals surface area contributed by atoms with Gasteiger partial charge in [-0.3, -0.25) is 14.5 Å². The third-order valence-corrected chi connectivity index (χ3v) is 6.37. The predicted molar refractivity (Wildman–Crippen MR) is 113 cm³/mol. The molecule has 0 spiro atoms. The first-order valence-corrected chi connectivity index (χ1v) is 11.0. The highest BCUT2D eigenvalue weighted by molar-refractivity contribution is 5.97. The summed E-state index contributed by atoms with van der Waals surface area (Å²) in [4.78, 5) is 28.6. The lowest BCUT2D eigenvalue weighted by Crippen LogP contribution is -2.51. The minimum atomic E-state index is -0.545. The summed E-state index contributed by atoms with van der Waals surface area (Å²) in [6, 6.07) is 4.00. The number of nitrogens with two attached hydrogens (primary N) is 1. The highest BCUT2D eigenvalue weighted by atomic mass is 19.1. The molecule has 3 aliphatic rings. The van der Waals surface area contributed by atoms with E-state index >= 15 is 0 Å². The standard InChI is InChI=1S/C22H31FN4O3/c23-18-10-17(6-7-19(18)27-8-9-30-14-21(27)28)25-22(29)20(11-24)26(13-16-4-5-16)12-15-2-1-3-15/h6-7,10,15-16,20H,1-5,8-9,11-14,24H2,(H,25,29)/t20-/m1/s1. The first-order chi connectivity index (χ1) is 14.5. The number of carbonyl (C=O) groups is 2. The molecule has 1 aromatic carbocycles. The molecule has 1 aliphatic heterocycles. The summed E-state index contributed by atoms with van der Waals surface area (Å²) >= 11 is 0. The summed E-state index contributed by atoms with van der Waals surface area (Å²) in [5.74, 6) is 0.290. The molecule has 8 heteroatoms. The summed E-state index contributed by atoms with van der Waals surface area (Å²) in [5.41, 5.74) is 6.57. The third-order valence-electron chi connectivity index (χ3n) is 6.37. The molecular weight excluding hydrogens is 387 g/mol. The van der Waals surface area contributed by atoms with Crippen LogP contribution in [0, 0.1) is 17.7 Å². The molecular formula is C22H31FN4O3. The van der Waals surface area contributed by atoms with Gasteiger partial charge in [-0.25, -0.2) is 4.39 Å². The molecule has 0 aromatic heterocycles. The number of rotatable bonds is 9. The largest absolute Gasteiger partial charge is 0.370 e. The molecule has 3 N–H and O–H groups in total. The second-order valence-corrected chi connectivity index (χ2v) is 8.70. The van der Waals surface area contributed by atoms with Crippen molar-refractivity contribution in [3.63, 3.8) is 0 Å². The first-order valence-electron chi connectivity index (χ1n) is 11.0. The Hall–Kier alpha value is -2.03. The van der Waals surface area contributed by atoms with Gasteiger partial charge in [0.25, 0.3) is 5.91 Å². The number of hydrogen-bond donors (Lipinski definition) is 2. The molecule has 1 aromatic rings. The molecule has 1 atom stereocenters. The van der Waals surface area contributed by atoms with Gasteiger partial charge in [-0.1, -0.05) is 6.42 Å². The van der Waals surface area contributed by atoms with Crippen molar-refractivity contribution in [2.75, 3.05) is 49.6 Å². The number of nitrogens with one attached hydrogen (secondary N) is 1. The molecule has 0 bridgehead atoms. The SMILES string of the molecule is NC[C@H](C(=O)Nc1ccc(N2CCOCC2=O)c(F)c1)N(CC1CCC1)CC1CC1. The van der Waals surface area contributed by atoms with Crippen LogP contribution in [0.1, 0.15) is 32.1 Å². The molecule has 4 rings (SSSR count). The zero-order valence-electron chi connectivity index (χ0n) is 17.3. The van der Waals surface area contributed by atoms with Crippen LogP contribution in [-0.2, 0) is 14.3 Å². The van der Waals surface area contributed by atoms with Gasteiger partial charge in [0.15, 0.2) is 0 Å². The van der Waals surface area contributed by atoms with Crippen molar-refractivity contribution in [3.05, 3.63) is 24.0 Å². The maximum absolute atomic E-state index is 14.7. The minimum absolute atomic E-state index is 0.0477. The Kier molecular flexibility index (Phi) is 6.65. The first kappa shape index (κ1) is 21.2. The molecule has 1 heterocycles. The average molecular weight is 419 g/mol. The average Bonchev–Trinajstić information content (AvgIpc) is 3.50. The van der Waals surface area contributed by atoms with Crippen molar-refractivity contribution >= 4 is 23.2 Å². The van der Waals surface area contributed by atoms with E-state index in [1.165, 1.54) is 49.1 Å². The van der Waals surface area contributed by atoms with Gasteiger partial charge in [-0.2, -0.15) is 0 Å². The van der Waals surface area contributed by atoms with E-state index in [1.54, 1.807) is 6.07 Å². The van der Waals surface area contributed by atoms with Gasteiger partial charge in [0.2, 0.25) is 5.91 Å². The highest BCUT2D eigenvalue weighted by Crippen LogP contribution is 2.33. The van der Waals surface area contributed by atoms with Crippen LogP contribution in [0.15, 0.2) is 18.2 Å². The monoisotopic (exact) mass is 418 g/mol. The number of nitrogens with zero attached hydrogens (tertiary/aromatic N) is 2. The Morgan fingerprint density at radius 1 is 1.27 bits per heavy atom. The topological polar surface area (TPSA) is 87.9 Å². The third kappa shape index (κ3) is 4.99. The van der Waals surface area contributed by atoms with E-state index in [0.29, 0.717) is 30.7 Å². The van der Waals surface area contributed by atoms with Crippen molar-refractivity contribution in [1.29, 1.82) is 0 Å². The van der Waals surface area contributed by atoms with Gasteiger partial charge in [0, 0.05) is 31.9 Å². The fourth-order valence-electron chi connectivity index (χ4n) is 4.19. The number of carbonyl (C=O) groups excluding carboxylic acids is 2. The van der Waals surface area contributed by atoms with E-state index in [1.807, 2.05) is 0 Å². The van der Waals surface area contributed by atoms with Crippen molar-refractivity contribution in [2.45, 2.75) is 38.1 Å². The Balaban J connectivity index is 1.42. The lowest BCUT2D eigenvalue weighted by Gasteiger charge is -2.36. The van der Waals surface area contributed by atoms with Crippen LogP contribution in [0.4, 0.5) is 15.8 Å². The van der Waals surface area contributed by atoms with Crippen molar-refractivity contribution < 1.29 is 18.7 Å². The zero-order valence-corrected chi connectivity index (χ0v) is 17.3. The lowest BCUT2D eigenvalue weighted by molar-refractivity contribution is -0.125. The Bertz CT molecular complexity index is 782. The fraction of sp³-hybridized carbons (Fsp3) is 0.636. The Labute approximate surface area is 176 Å². The number of ether oxygens (including phenoxy) is 1. The number of amides is 2. The molecule has 0 radical (unpaired) electrons. The lowest BCUT2D eigenvalue weighted by atomic mass is 9.84. The van der Waals surface area contributed by atoms with E-state index in [-0.39, 0.29) is 30.7 Å². The number of morpholine rings is 1. The fourth-order valence-corrected chi connectivity index (χ4v) is 4.19. The Morgan fingerprint density at radius 3 is 2.57 bits per heavy atom. The number of halogens is 1. The highest BCUT2D eigenvalue weighted by Gasteiger charge is 2.33. The smallest absolute Gasteiger partial charge is 0.253 e. The van der Waals surface area contributed by atoms with Crippen LogP contribution in [0.2, 0.25) is 0 Å². The molecule has 7 nitrogen and oxygen atoms in total. The van der Waals surface area contributed by atoms with Crippen molar-refractivity contribution in [1.82, 2.24) is 4.90 Å². The molecule has 1 saturated heterocycles. The van der Waals surface area contributed by atoms with E-state index in [4.69, 9.17) is 10.5 Å². The van der Waals surface area contributed by atoms with Crippen LogP contribution in [0.25, 0.3) is 0 Å². The van der Waals surface area contributed by atoms with Crippen molar-refractivity contribution in [2.24, 2.45) is 17.6 Å². The molecule has 3 fully saturated rings. The van der Waals surface area contributed by atoms with Crippen LogP contribution < -0.4 is 16.0 Å². The van der Waals surface area contributed by atoms with Gasteiger partial charge >= 0.3 is 0 Å². The van der Waals surface area contributed by atoms with E-state index in [9.17, 15) is 14.0 Å². The van der Waals surface area contributed by atoms with Crippen LogP contribution in [0.5, 0.6) is 0 Å². The van der Waals surface area contributed by atoms with Gasteiger partial charge in [0.05, 0.1) is 12.3 Å². The number of hydrogen-bond acceptors (Lipinski definition) is 5. The molecule has 2 amide bonds. The summed E-state index contributed by atoms with van der Waals surface area (Å²) in [6.07, 6.45) is 6.12. The predicted octanol–water partition coefficient (Wildman–Crippen LogP) is 1.97. The minimum Gasteiger partial charge on any atom is -0.370 e. The summed E-state index contributed by atoms with van der Waals surface area (Å²) < 4.78 is 19.8. The summed E-state index contributed by atoms with van der Waals surface area (Å²) in [6.45, 7) is 2.67. The van der Waals surface area contributed by atoms with Gasteiger partial charge in [-0.15, -0.1) is 0 Å². The molecule has 30 heavy (non-hydrogen) atoms. The molecule has 0 unspecified atom stereocenters. The molecule has 2 saturated carbocycles. The molecule has 164 valence electrons. The van der Waals surface area contributed by atoms with Crippen LogP contribution in [-0.4, -0.2) is 62.1 Å². The Morgan fingerprint density at radius 2 is 2.00 bits per heavy atom. The van der Waals surface area contributed by atoms with E-state index in [2.05, 4.69) is 10.2 Å². The van der Waals surface area contributed by atoms with Gasteiger partial charge < -0.3 is 20.7 Å². The number of benzene rings is 1. The van der Waals surface area contributed by atoms with E-state index in [0.717, 1.165) is 13.1 Å². The van der Waals surface area contributed by atoms with Gasteiger partial charge in [0.1, 0.15) is 18.5 Å².